The van der Waals surface area contributed by atoms with Gasteiger partial charge < -0.3 is 11.1 Å². The van der Waals surface area contributed by atoms with Gasteiger partial charge in [-0.05, 0) is 12.1 Å². The van der Waals surface area contributed by atoms with Gasteiger partial charge in [-0.15, -0.1) is 0 Å². The second kappa shape index (κ2) is 5.79. The Morgan fingerprint density at radius 3 is 2.87 bits per heavy atom. The Bertz CT molecular complexity index is 357. The van der Waals surface area contributed by atoms with E-state index in [9.17, 15) is 10.1 Å². The van der Waals surface area contributed by atoms with Gasteiger partial charge in [0.2, 0.25) is 0 Å². The maximum absolute atomic E-state index is 10.7. The average molecular weight is 274 g/mol. The van der Waals surface area contributed by atoms with Crippen molar-refractivity contribution in [3.8, 4) is 0 Å². The highest BCUT2D eigenvalue weighted by Crippen LogP contribution is 2.22. The van der Waals surface area contributed by atoms with Gasteiger partial charge in [0.25, 0.3) is 5.69 Å². The van der Waals surface area contributed by atoms with Gasteiger partial charge in [-0.2, -0.15) is 0 Å². The molecule has 0 amide bonds. The van der Waals surface area contributed by atoms with Crippen molar-refractivity contribution in [1.82, 2.24) is 5.32 Å². The van der Waals surface area contributed by atoms with Crippen molar-refractivity contribution in [1.29, 1.82) is 0 Å². The molecule has 0 aromatic heterocycles. The zero-order chi connectivity index (χ0) is 11.3. The molecule has 0 spiro atoms. The van der Waals surface area contributed by atoms with Crippen molar-refractivity contribution >= 4 is 21.6 Å². The van der Waals surface area contributed by atoms with Crippen LogP contribution in [0.25, 0.3) is 0 Å². The van der Waals surface area contributed by atoms with Crippen molar-refractivity contribution in [3.63, 3.8) is 0 Å². The van der Waals surface area contributed by atoms with Gasteiger partial charge in [-0.25, -0.2) is 0 Å². The number of hydrogen-bond acceptors (Lipinski definition) is 4. The largest absolute Gasteiger partial charge is 0.329 e. The minimum Gasteiger partial charge on any atom is -0.329 e. The summed E-state index contributed by atoms with van der Waals surface area (Å²) in [5.74, 6) is 0. The summed E-state index contributed by atoms with van der Waals surface area (Å²) in [5, 5.41) is 13.7. The summed E-state index contributed by atoms with van der Waals surface area (Å²) >= 11 is 3.28. The summed E-state index contributed by atoms with van der Waals surface area (Å²) in [6.45, 7) is 1.61. The molecule has 0 radical (unpaired) electrons. The number of nitrogens with zero attached hydrogens (tertiary/aromatic N) is 1. The van der Waals surface area contributed by atoms with Crippen LogP contribution in [0, 0.1) is 10.1 Å². The molecule has 0 saturated heterocycles. The van der Waals surface area contributed by atoms with E-state index >= 15 is 0 Å². The second-order valence-electron chi connectivity index (χ2n) is 3.00. The number of nitro groups is 1. The first-order valence-electron chi connectivity index (χ1n) is 4.48. The van der Waals surface area contributed by atoms with Crippen molar-refractivity contribution in [2.45, 2.75) is 6.54 Å². The fourth-order valence-electron chi connectivity index (χ4n) is 1.20. The van der Waals surface area contributed by atoms with E-state index in [2.05, 4.69) is 21.2 Å². The minimum atomic E-state index is -0.383. The SMILES string of the molecule is NCCNCc1cc(Br)ccc1[N+](=O)[O-]. The number of rotatable bonds is 5. The predicted octanol–water partition coefficient (Wildman–Crippen LogP) is 1.41. The molecule has 0 aliphatic heterocycles. The molecule has 0 heterocycles. The molecule has 82 valence electrons. The highest BCUT2D eigenvalue weighted by molar-refractivity contribution is 9.10. The predicted molar refractivity (Wildman–Crippen MR) is 61.6 cm³/mol. The average Bonchev–Trinajstić information content (AvgIpc) is 2.18. The molecule has 1 aromatic rings. The van der Waals surface area contributed by atoms with Crippen molar-refractivity contribution < 1.29 is 4.92 Å². The lowest BCUT2D eigenvalue weighted by atomic mass is 10.2. The fourth-order valence-corrected chi connectivity index (χ4v) is 1.61. The number of nitrogens with two attached hydrogens (primary N) is 1. The first kappa shape index (κ1) is 12.1. The molecule has 5 nitrogen and oxygen atoms in total. The van der Waals surface area contributed by atoms with E-state index in [1.807, 2.05) is 0 Å². The molecule has 1 aromatic carbocycles. The van der Waals surface area contributed by atoms with Gasteiger partial charge in [0.1, 0.15) is 0 Å². The van der Waals surface area contributed by atoms with Crippen LogP contribution in [0.2, 0.25) is 0 Å². The Morgan fingerprint density at radius 2 is 2.27 bits per heavy atom. The van der Waals surface area contributed by atoms with Crippen molar-refractivity contribution in [2.75, 3.05) is 13.1 Å². The van der Waals surface area contributed by atoms with Gasteiger partial charge in [0, 0.05) is 35.7 Å². The third kappa shape index (κ3) is 3.58. The molecule has 0 atom stereocenters. The molecule has 0 aliphatic carbocycles. The second-order valence-corrected chi connectivity index (χ2v) is 3.91. The van der Waals surface area contributed by atoms with E-state index < -0.39 is 0 Å². The van der Waals surface area contributed by atoms with Crippen LogP contribution in [-0.4, -0.2) is 18.0 Å². The summed E-state index contributed by atoms with van der Waals surface area (Å²) in [4.78, 5) is 10.3. The van der Waals surface area contributed by atoms with E-state index in [1.165, 1.54) is 6.07 Å². The quantitative estimate of drug-likeness (QED) is 0.483. The van der Waals surface area contributed by atoms with E-state index in [4.69, 9.17) is 5.73 Å². The molecule has 3 N–H and O–H groups in total. The number of halogens is 1. The zero-order valence-corrected chi connectivity index (χ0v) is 9.66. The Labute approximate surface area is 95.9 Å². The molecular formula is C9H12BrN3O2. The van der Waals surface area contributed by atoms with Gasteiger partial charge >= 0.3 is 0 Å². The van der Waals surface area contributed by atoms with Gasteiger partial charge in [0.15, 0.2) is 0 Å². The van der Waals surface area contributed by atoms with Crippen molar-refractivity contribution in [2.24, 2.45) is 5.73 Å². The van der Waals surface area contributed by atoms with Gasteiger partial charge in [0.05, 0.1) is 4.92 Å². The van der Waals surface area contributed by atoms with E-state index in [0.29, 0.717) is 25.2 Å². The van der Waals surface area contributed by atoms with Crippen LogP contribution >= 0.6 is 15.9 Å². The Morgan fingerprint density at radius 1 is 1.53 bits per heavy atom. The standard InChI is InChI=1S/C9H12BrN3O2/c10-8-1-2-9(13(14)15)7(5-8)6-12-4-3-11/h1-2,5,12H,3-4,6,11H2. The highest BCUT2D eigenvalue weighted by Gasteiger charge is 2.12. The van der Waals surface area contributed by atoms with E-state index in [1.54, 1.807) is 12.1 Å². The smallest absolute Gasteiger partial charge is 0.273 e. The molecule has 0 fully saturated rings. The molecule has 0 saturated carbocycles. The maximum atomic E-state index is 10.7. The van der Waals surface area contributed by atoms with Crippen LogP contribution in [0.1, 0.15) is 5.56 Å². The minimum absolute atomic E-state index is 0.128. The Hall–Kier alpha value is -0.980. The van der Waals surface area contributed by atoms with Gasteiger partial charge in [-0.1, -0.05) is 15.9 Å². The molecular weight excluding hydrogens is 262 g/mol. The van der Waals surface area contributed by atoms with Crippen molar-refractivity contribution in [3.05, 3.63) is 38.3 Å². The number of benzene rings is 1. The zero-order valence-electron chi connectivity index (χ0n) is 8.07. The monoisotopic (exact) mass is 273 g/mol. The molecule has 0 bridgehead atoms. The summed E-state index contributed by atoms with van der Waals surface area (Å²) < 4.78 is 0.831. The van der Waals surface area contributed by atoms with E-state index in [0.717, 1.165) is 4.47 Å². The lowest BCUT2D eigenvalue weighted by Crippen LogP contribution is -2.22. The topological polar surface area (TPSA) is 81.2 Å². The summed E-state index contributed by atoms with van der Waals surface area (Å²) in [5.41, 5.74) is 6.10. The third-order valence-corrected chi connectivity index (χ3v) is 2.37. The lowest BCUT2D eigenvalue weighted by molar-refractivity contribution is -0.385. The van der Waals surface area contributed by atoms with Crippen LogP contribution in [0.4, 0.5) is 5.69 Å². The van der Waals surface area contributed by atoms with Gasteiger partial charge in [-0.3, -0.25) is 10.1 Å². The number of nitro benzene ring substituents is 1. The Kier molecular flexibility index (Phi) is 4.67. The highest BCUT2D eigenvalue weighted by atomic mass is 79.9. The summed E-state index contributed by atoms with van der Waals surface area (Å²) in [6, 6.07) is 4.88. The molecule has 0 unspecified atom stereocenters. The van der Waals surface area contributed by atoms with Crippen LogP contribution in [-0.2, 0) is 6.54 Å². The first-order chi connectivity index (χ1) is 7.15. The molecule has 15 heavy (non-hydrogen) atoms. The Balaban J connectivity index is 2.82. The lowest BCUT2D eigenvalue weighted by Gasteiger charge is -2.04. The maximum Gasteiger partial charge on any atom is 0.273 e. The first-order valence-corrected chi connectivity index (χ1v) is 5.28. The van der Waals surface area contributed by atoms with E-state index in [-0.39, 0.29) is 10.6 Å². The van der Waals surface area contributed by atoms with Crippen LogP contribution < -0.4 is 11.1 Å². The molecule has 0 aliphatic rings. The summed E-state index contributed by atoms with van der Waals surface area (Å²) in [7, 11) is 0. The molecule has 6 heteroatoms. The number of hydrogen-bond donors (Lipinski definition) is 2. The summed E-state index contributed by atoms with van der Waals surface area (Å²) in [6.07, 6.45) is 0. The fraction of sp³-hybridized carbons (Fsp3) is 0.333. The van der Waals surface area contributed by atoms with Crippen LogP contribution in [0.5, 0.6) is 0 Å². The number of nitrogens with one attached hydrogen (secondary N) is 1. The third-order valence-electron chi connectivity index (χ3n) is 1.87. The normalized spacial score (nSPS) is 10.3. The molecule has 1 rings (SSSR count). The van der Waals surface area contributed by atoms with Crippen LogP contribution in [0.15, 0.2) is 22.7 Å². The van der Waals surface area contributed by atoms with Crippen LogP contribution in [0.3, 0.4) is 0 Å².